The largest absolute Gasteiger partial charge is 0.481 e. The summed E-state index contributed by atoms with van der Waals surface area (Å²) in [6, 6.07) is 5.07. The molecule has 0 aliphatic carbocycles. The van der Waals surface area contributed by atoms with Gasteiger partial charge in [-0.25, -0.2) is 0 Å². The van der Waals surface area contributed by atoms with Gasteiger partial charge in [-0.1, -0.05) is 15.9 Å². The standard InChI is InChI=1S/C15H18BrNO4/c1-9-5-10(3-4-13(9)16)15(20)17-8-12(21-2)6-11(17)7-14(18)19/h3-5,11-12H,6-8H2,1-2H3,(H,18,19). The van der Waals surface area contributed by atoms with Crippen LogP contribution in [0.25, 0.3) is 0 Å². The third-order valence-corrected chi connectivity index (χ3v) is 4.68. The predicted molar refractivity (Wildman–Crippen MR) is 81.4 cm³/mol. The number of ether oxygens (including phenoxy) is 1. The molecule has 2 rings (SSSR count). The van der Waals surface area contributed by atoms with Crippen LogP contribution in [0.1, 0.15) is 28.8 Å². The molecule has 2 atom stereocenters. The van der Waals surface area contributed by atoms with Crippen molar-refractivity contribution in [3.8, 4) is 0 Å². The zero-order valence-corrected chi connectivity index (χ0v) is 13.6. The molecule has 1 heterocycles. The molecular formula is C15H18BrNO4. The van der Waals surface area contributed by atoms with Crippen molar-refractivity contribution in [3.63, 3.8) is 0 Å². The van der Waals surface area contributed by atoms with Crippen molar-refractivity contribution in [1.29, 1.82) is 0 Å². The predicted octanol–water partition coefficient (Wildman–Crippen LogP) is 2.46. The molecule has 1 N–H and O–H groups in total. The lowest BCUT2D eigenvalue weighted by molar-refractivity contribution is -0.137. The van der Waals surface area contributed by atoms with E-state index in [1.54, 1.807) is 18.1 Å². The second-order valence-corrected chi connectivity index (χ2v) is 6.12. The van der Waals surface area contributed by atoms with E-state index in [0.29, 0.717) is 18.5 Å². The van der Waals surface area contributed by atoms with E-state index in [9.17, 15) is 9.59 Å². The van der Waals surface area contributed by atoms with Gasteiger partial charge in [-0.2, -0.15) is 0 Å². The molecule has 114 valence electrons. The zero-order valence-electron chi connectivity index (χ0n) is 12.0. The van der Waals surface area contributed by atoms with Crippen LogP contribution >= 0.6 is 15.9 Å². The van der Waals surface area contributed by atoms with Crippen molar-refractivity contribution in [2.24, 2.45) is 0 Å². The first-order valence-corrected chi connectivity index (χ1v) is 7.53. The van der Waals surface area contributed by atoms with Crippen LogP contribution in [0.3, 0.4) is 0 Å². The summed E-state index contributed by atoms with van der Waals surface area (Å²) in [5.41, 5.74) is 1.54. The number of halogens is 1. The van der Waals surface area contributed by atoms with Gasteiger partial charge >= 0.3 is 5.97 Å². The summed E-state index contributed by atoms with van der Waals surface area (Å²) in [5.74, 6) is -1.04. The Balaban J connectivity index is 2.22. The van der Waals surface area contributed by atoms with E-state index in [4.69, 9.17) is 9.84 Å². The Labute approximate surface area is 132 Å². The van der Waals surface area contributed by atoms with Gasteiger partial charge in [-0.05, 0) is 37.1 Å². The van der Waals surface area contributed by atoms with Crippen LogP contribution in [0.5, 0.6) is 0 Å². The van der Waals surface area contributed by atoms with Crippen molar-refractivity contribution in [3.05, 3.63) is 33.8 Å². The molecule has 0 spiro atoms. The number of carboxylic acids is 1. The molecule has 21 heavy (non-hydrogen) atoms. The van der Waals surface area contributed by atoms with Gasteiger partial charge in [0.25, 0.3) is 5.91 Å². The van der Waals surface area contributed by atoms with Crippen LogP contribution in [0.15, 0.2) is 22.7 Å². The molecular weight excluding hydrogens is 338 g/mol. The lowest BCUT2D eigenvalue weighted by Crippen LogP contribution is -2.37. The SMILES string of the molecule is COC1CC(CC(=O)O)N(C(=O)c2ccc(Br)c(C)c2)C1. The summed E-state index contributed by atoms with van der Waals surface area (Å²) in [6.07, 6.45) is 0.403. The molecule has 5 nitrogen and oxygen atoms in total. The molecule has 1 aliphatic rings. The highest BCUT2D eigenvalue weighted by Gasteiger charge is 2.36. The summed E-state index contributed by atoms with van der Waals surface area (Å²) in [5, 5.41) is 9.00. The smallest absolute Gasteiger partial charge is 0.305 e. The summed E-state index contributed by atoms with van der Waals surface area (Å²) in [4.78, 5) is 25.2. The molecule has 0 aromatic heterocycles. The summed E-state index contributed by atoms with van der Waals surface area (Å²) in [7, 11) is 1.58. The summed E-state index contributed by atoms with van der Waals surface area (Å²) in [6.45, 7) is 2.35. The highest BCUT2D eigenvalue weighted by atomic mass is 79.9. The minimum Gasteiger partial charge on any atom is -0.481 e. The molecule has 6 heteroatoms. The fraction of sp³-hybridized carbons (Fsp3) is 0.467. The number of methoxy groups -OCH3 is 1. The number of carbonyl (C=O) groups excluding carboxylic acids is 1. The van der Waals surface area contributed by atoms with Crippen molar-refractivity contribution in [2.45, 2.75) is 31.9 Å². The Bertz CT molecular complexity index is 561. The van der Waals surface area contributed by atoms with Crippen molar-refractivity contribution >= 4 is 27.8 Å². The minimum atomic E-state index is -0.901. The van der Waals surface area contributed by atoms with Crippen LogP contribution < -0.4 is 0 Å². The Kier molecular flexibility index (Phi) is 5.00. The van der Waals surface area contributed by atoms with E-state index in [1.165, 1.54) is 0 Å². The number of hydrogen-bond acceptors (Lipinski definition) is 3. The maximum absolute atomic E-state index is 12.6. The van der Waals surface area contributed by atoms with Gasteiger partial charge in [0.2, 0.25) is 0 Å². The Hall–Kier alpha value is -1.40. The van der Waals surface area contributed by atoms with Crippen LogP contribution in [0.2, 0.25) is 0 Å². The van der Waals surface area contributed by atoms with Gasteiger partial charge in [-0.3, -0.25) is 9.59 Å². The molecule has 1 aliphatic heterocycles. The van der Waals surface area contributed by atoms with E-state index in [-0.39, 0.29) is 24.5 Å². The van der Waals surface area contributed by atoms with Crippen molar-refractivity contribution in [2.75, 3.05) is 13.7 Å². The van der Waals surface area contributed by atoms with Crippen LogP contribution in [-0.4, -0.2) is 47.7 Å². The maximum Gasteiger partial charge on any atom is 0.305 e. The van der Waals surface area contributed by atoms with Crippen LogP contribution in [-0.2, 0) is 9.53 Å². The fourth-order valence-electron chi connectivity index (χ4n) is 2.63. The highest BCUT2D eigenvalue weighted by molar-refractivity contribution is 9.10. The number of amides is 1. The molecule has 0 radical (unpaired) electrons. The van der Waals surface area contributed by atoms with Gasteiger partial charge in [-0.15, -0.1) is 0 Å². The average Bonchev–Trinajstić information content (AvgIpc) is 2.83. The molecule has 1 aromatic carbocycles. The number of benzene rings is 1. The van der Waals surface area contributed by atoms with E-state index in [1.807, 2.05) is 19.1 Å². The average molecular weight is 356 g/mol. The molecule has 1 aromatic rings. The Morgan fingerprint density at radius 2 is 2.19 bits per heavy atom. The molecule has 0 saturated carbocycles. The first-order valence-electron chi connectivity index (χ1n) is 6.74. The Morgan fingerprint density at radius 3 is 2.76 bits per heavy atom. The van der Waals surface area contributed by atoms with E-state index < -0.39 is 5.97 Å². The second-order valence-electron chi connectivity index (χ2n) is 5.27. The molecule has 2 unspecified atom stereocenters. The topological polar surface area (TPSA) is 66.8 Å². The van der Waals surface area contributed by atoms with Crippen molar-refractivity contribution in [1.82, 2.24) is 4.90 Å². The number of rotatable bonds is 4. The number of carbonyl (C=O) groups is 2. The van der Waals surface area contributed by atoms with Gasteiger partial charge in [0.05, 0.1) is 12.5 Å². The van der Waals surface area contributed by atoms with Gasteiger partial charge in [0, 0.05) is 29.7 Å². The number of hydrogen-bond donors (Lipinski definition) is 1. The van der Waals surface area contributed by atoms with Crippen LogP contribution in [0.4, 0.5) is 0 Å². The number of carboxylic acid groups (broad SMARTS) is 1. The third-order valence-electron chi connectivity index (χ3n) is 3.79. The summed E-state index contributed by atoms with van der Waals surface area (Å²) < 4.78 is 6.23. The number of aliphatic carboxylic acids is 1. The van der Waals surface area contributed by atoms with E-state index in [0.717, 1.165) is 10.0 Å². The molecule has 1 fully saturated rings. The van der Waals surface area contributed by atoms with Crippen molar-refractivity contribution < 1.29 is 19.4 Å². The molecule has 1 amide bonds. The molecule has 0 bridgehead atoms. The second kappa shape index (κ2) is 6.58. The number of nitrogens with zero attached hydrogens (tertiary/aromatic N) is 1. The maximum atomic E-state index is 12.6. The third kappa shape index (κ3) is 3.63. The summed E-state index contributed by atoms with van der Waals surface area (Å²) >= 11 is 3.40. The Morgan fingerprint density at radius 1 is 1.48 bits per heavy atom. The highest BCUT2D eigenvalue weighted by Crippen LogP contribution is 2.26. The number of likely N-dealkylation sites (tertiary alicyclic amines) is 1. The first kappa shape index (κ1) is 16.0. The minimum absolute atomic E-state index is 0.0545. The quantitative estimate of drug-likeness (QED) is 0.900. The van der Waals surface area contributed by atoms with Crippen LogP contribution in [0, 0.1) is 6.92 Å². The zero-order chi connectivity index (χ0) is 15.6. The van der Waals surface area contributed by atoms with Gasteiger partial charge < -0.3 is 14.7 Å². The fourth-order valence-corrected chi connectivity index (χ4v) is 2.88. The normalized spacial score (nSPS) is 21.6. The monoisotopic (exact) mass is 355 g/mol. The van der Waals surface area contributed by atoms with Gasteiger partial charge in [0.15, 0.2) is 0 Å². The van der Waals surface area contributed by atoms with Gasteiger partial charge in [0.1, 0.15) is 0 Å². The number of aryl methyl sites for hydroxylation is 1. The lowest BCUT2D eigenvalue weighted by Gasteiger charge is -2.23. The lowest BCUT2D eigenvalue weighted by atomic mass is 10.1. The molecule has 1 saturated heterocycles. The van der Waals surface area contributed by atoms with E-state index >= 15 is 0 Å². The first-order chi connectivity index (χ1) is 9.92. The van der Waals surface area contributed by atoms with E-state index in [2.05, 4.69) is 15.9 Å².